The summed E-state index contributed by atoms with van der Waals surface area (Å²) in [7, 11) is 1.68. The lowest BCUT2D eigenvalue weighted by Crippen LogP contribution is -2.17. The summed E-state index contributed by atoms with van der Waals surface area (Å²) in [6.45, 7) is 1.74. The summed E-state index contributed by atoms with van der Waals surface area (Å²) in [5.41, 5.74) is 6.47. The van der Waals surface area contributed by atoms with Crippen molar-refractivity contribution in [2.75, 3.05) is 26.1 Å². The highest BCUT2D eigenvalue weighted by Gasteiger charge is 2.16. The van der Waals surface area contributed by atoms with E-state index in [4.69, 9.17) is 15.2 Å². The Hall–Kier alpha value is -0.870. The largest absolute Gasteiger partial charge is 0.496 e. The zero-order valence-corrected chi connectivity index (χ0v) is 10.3. The van der Waals surface area contributed by atoms with Gasteiger partial charge in [0, 0.05) is 35.1 Å². The summed E-state index contributed by atoms with van der Waals surface area (Å²) in [6, 6.07) is 5.83. The van der Waals surface area contributed by atoms with E-state index in [-0.39, 0.29) is 0 Å². The highest BCUT2D eigenvalue weighted by atomic mass is 32.2. The van der Waals surface area contributed by atoms with Gasteiger partial charge < -0.3 is 15.2 Å². The van der Waals surface area contributed by atoms with Crippen LogP contribution in [0.3, 0.4) is 0 Å². The quantitative estimate of drug-likeness (QED) is 0.823. The van der Waals surface area contributed by atoms with E-state index < -0.39 is 0 Å². The summed E-state index contributed by atoms with van der Waals surface area (Å²) in [5, 5.41) is 0.631. The molecular weight excluding hydrogens is 222 g/mol. The van der Waals surface area contributed by atoms with Gasteiger partial charge in [-0.3, -0.25) is 0 Å². The molecule has 0 saturated carbocycles. The van der Waals surface area contributed by atoms with Gasteiger partial charge >= 0.3 is 0 Å². The van der Waals surface area contributed by atoms with E-state index in [0.717, 1.165) is 37.5 Å². The van der Waals surface area contributed by atoms with Crippen molar-refractivity contribution in [1.82, 2.24) is 0 Å². The molecule has 1 heterocycles. The van der Waals surface area contributed by atoms with Gasteiger partial charge in [-0.1, -0.05) is 0 Å². The number of methoxy groups -OCH3 is 1. The van der Waals surface area contributed by atoms with Gasteiger partial charge in [0.25, 0.3) is 0 Å². The number of thioether (sulfide) groups is 1. The van der Waals surface area contributed by atoms with Gasteiger partial charge in [-0.25, -0.2) is 0 Å². The molecule has 0 aliphatic carbocycles. The molecule has 1 aliphatic heterocycles. The number of benzene rings is 1. The number of hydrogen-bond acceptors (Lipinski definition) is 4. The number of ether oxygens (including phenoxy) is 2. The van der Waals surface area contributed by atoms with Crippen LogP contribution in [0.4, 0.5) is 5.69 Å². The molecule has 0 amide bonds. The summed E-state index contributed by atoms with van der Waals surface area (Å²) in [5.74, 6) is 0.872. The molecule has 1 aromatic carbocycles. The molecule has 4 heteroatoms. The van der Waals surface area contributed by atoms with Crippen LogP contribution < -0.4 is 10.5 Å². The summed E-state index contributed by atoms with van der Waals surface area (Å²) in [4.78, 5) is 1.17. The Bertz CT molecular complexity index is 351. The molecule has 0 unspecified atom stereocenters. The van der Waals surface area contributed by atoms with E-state index in [1.165, 1.54) is 4.90 Å². The minimum absolute atomic E-state index is 0.631. The van der Waals surface area contributed by atoms with Gasteiger partial charge in [0.1, 0.15) is 5.75 Å². The van der Waals surface area contributed by atoms with Crippen LogP contribution in [0, 0.1) is 0 Å². The van der Waals surface area contributed by atoms with Crippen molar-refractivity contribution in [2.24, 2.45) is 0 Å². The normalized spacial score (nSPS) is 17.3. The van der Waals surface area contributed by atoms with Crippen LogP contribution in [0.1, 0.15) is 12.8 Å². The maximum absolute atomic E-state index is 5.73. The van der Waals surface area contributed by atoms with E-state index in [9.17, 15) is 0 Å². The molecule has 0 aromatic heterocycles. The minimum atomic E-state index is 0.631. The lowest BCUT2D eigenvalue weighted by molar-refractivity contribution is 0.1000. The van der Waals surface area contributed by atoms with Crippen LogP contribution in [0.25, 0.3) is 0 Å². The molecule has 88 valence electrons. The molecular formula is C12H17NO2S. The Morgan fingerprint density at radius 1 is 1.38 bits per heavy atom. The lowest BCUT2D eigenvalue weighted by Gasteiger charge is -2.22. The van der Waals surface area contributed by atoms with Crippen LogP contribution in [-0.4, -0.2) is 25.6 Å². The van der Waals surface area contributed by atoms with Gasteiger partial charge in [-0.2, -0.15) is 0 Å². The lowest BCUT2D eigenvalue weighted by atomic mass is 10.2. The predicted octanol–water partition coefficient (Wildman–Crippen LogP) is 2.55. The van der Waals surface area contributed by atoms with Crippen molar-refractivity contribution in [2.45, 2.75) is 23.0 Å². The molecule has 0 spiro atoms. The van der Waals surface area contributed by atoms with Crippen LogP contribution in [0.5, 0.6) is 5.75 Å². The third-order valence-electron chi connectivity index (χ3n) is 2.65. The molecule has 2 rings (SSSR count). The maximum atomic E-state index is 5.73. The molecule has 1 aliphatic rings. The molecule has 0 bridgehead atoms. The first kappa shape index (κ1) is 11.6. The molecule has 1 saturated heterocycles. The third kappa shape index (κ3) is 2.83. The number of anilines is 1. The number of nitrogen functional groups attached to an aromatic ring is 1. The number of hydrogen-bond donors (Lipinski definition) is 1. The van der Waals surface area contributed by atoms with E-state index in [1.807, 2.05) is 30.0 Å². The van der Waals surface area contributed by atoms with Crippen molar-refractivity contribution in [1.29, 1.82) is 0 Å². The second kappa shape index (κ2) is 5.46. The Labute approximate surface area is 100 Å². The van der Waals surface area contributed by atoms with Gasteiger partial charge in [-0.15, -0.1) is 11.8 Å². The first-order valence-corrected chi connectivity index (χ1v) is 6.35. The summed E-state index contributed by atoms with van der Waals surface area (Å²) >= 11 is 1.86. The summed E-state index contributed by atoms with van der Waals surface area (Å²) in [6.07, 6.45) is 2.22. The van der Waals surface area contributed by atoms with Crippen LogP contribution >= 0.6 is 11.8 Å². The molecule has 3 nitrogen and oxygen atoms in total. The second-order valence-electron chi connectivity index (χ2n) is 3.84. The first-order chi connectivity index (χ1) is 7.79. The highest BCUT2D eigenvalue weighted by Crippen LogP contribution is 2.36. The van der Waals surface area contributed by atoms with E-state index in [0.29, 0.717) is 5.25 Å². The molecule has 0 radical (unpaired) electrons. The summed E-state index contributed by atoms with van der Waals surface area (Å²) < 4.78 is 10.7. The first-order valence-electron chi connectivity index (χ1n) is 5.47. The molecule has 16 heavy (non-hydrogen) atoms. The molecule has 2 N–H and O–H groups in total. The fraction of sp³-hybridized carbons (Fsp3) is 0.500. The van der Waals surface area contributed by atoms with Crippen molar-refractivity contribution >= 4 is 17.4 Å². The minimum Gasteiger partial charge on any atom is -0.496 e. The van der Waals surface area contributed by atoms with Gasteiger partial charge in [0.15, 0.2) is 0 Å². The van der Waals surface area contributed by atoms with Crippen molar-refractivity contribution < 1.29 is 9.47 Å². The highest BCUT2D eigenvalue weighted by molar-refractivity contribution is 8.00. The Balaban J connectivity index is 2.07. The number of rotatable bonds is 3. The van der Waals surface area contributed by atoms with E-state index in [2.05, 4.69) is 0 Å². The predicted molar refractivity (Wildman–Crippen MR) is 67.1 cm³/mol. The average Bonchev–Trinajstić information content (AvgIpc) is 2.33. The van der Waals surface area contributed by atoms with Crippen LogP contribution in [0.2, 0.25) is 0 Å². The maximum Gasteiger partial charge on any atom is 0.134 e. The van der Waals surface area contributed by atoms with Crippen molar-refractivity contribution in [3.05, 3.63) is 18.2 Å². The zero-order chi connectivity index (χ0) is 11.4. The number of nitrogens with two attached hydrogens (primary N) is 1. The van der Waals surface area contributed by atoms with E-state index >= 15 is 0 Å². The van der Waals surface area contributed by atoms with Crippen LogP contribution in [-0.2, 0) is 4.74 Å². The van der Waals surface area contributed by atoms with Crippen molar-refractivity contribution in [3.8, 4) is 5.75 Å². The Morgan fingerprint density at radius 3 is 2.81 bits per heavy atom. The average molecular weight is 239 g/mol. The topological polar surface area (TPSA) is 44.5 Å². The van der Waals surface area contributed by atoms with E-state index in [1.54, 1.807) is 7.11 Å². The SMILES string of the molecule is COc1cc(N)ccc1SC1CCOCC1. The Morgan fingerprint density at radius 2 is 2.12 bits per heavy atom. The molecule has 0 atom stereocenters. The fourth-order valence-corrected chi connectivity index (χ4v) is 2.95. The van der Waals surface area contributed by atoms with Crippen molar-refractivity contribution in [3.63, 3.8) is 0 Å². The van der Waals surface area contributed by atoms with Gasteiger partial charge in [-0.05, 0) is 25.0 Å². The second-order valence-corrected chi connectivity index (χ2v) is 5.18. The van der Waals surface area contributed by atoms with Gasteiger partial charge in [0.05, 0.1) is 7.11 Å². The fourth-order valence-electron chi connectivity index (χ4n) is 1.75. The smallest absolute Gasteiger partial charge is 0.134 e. The van der Waals surface area contributed by atoms with Crippen LogP contribution in [0.15, 0.2) is 23.1 Å². The Kier molecular flexibility index (Phi) is 3.96. The third-order valence-corrected chi connectivity index (χ3v) is 4.05. The molecule has 1 fully saturated rings. The van der Waals surface area contributed by atoms with Gasteiger partial charge in [0.2, 0.25) is 0 Å². The zero-order valence-electron chi connectivity index (χ0n) is 9.44. The standard InChI is InChI=1S/C12H17NO2S/c1-14-11-8-9(13)2-3-12(11)16-10-4-6-15-7-5-10/h2-3,8,10H,4-7,13H2,1H3. The monoisotopic (exact) mass is 239 g/mol. The molecule has 1 aromatic rings.